The molecule has 1 heterocycles. The van der Waals surface area contributed by atoms with Gasteiger partial charge in [-0.1, -0.05) is 72.8 Å². The molecule has 0 saturated carbocycles. The van der Waals surface area contributed by atoms with Crippen molar-refractivity contribution in [2.45, 2.75) is 40.0 Å². The second-order valence-corrected chi connectivity index (χ2v) is 13.0. The molecule has 0 aromatic heterocycles. The van der Waals surface area contributed by atoms with E-state index in [9.17, 15) is 10.2 Å². The van der Waals surface area contributed by atoms with Gasteiger partial charge in [0, 0.05) is 77.4 Å². The summed E-state index contributed by atoms with van der Waals surface area (Å²) in [4.78, 5) is 9.75. The van der Waals surface area contributed by atoms with Crippen molar-refractivity contribution in [3.05, 3.63) is 154 Å². The molecule has 0 atom stereocenters. The third-order valence-corrected chi connectivity index (χ3v) is 9.08. The molecule has 0 fully saturated rings. The Kier molecular flexibility index (Phi) is 10.6. The second kappa shape index (κ2) is 15.9. The summed E-state index contributed by atoms with van der Waals surface area (Å²) in [6.07, 6.45) is 3.42. The third-order valence-electron chi connectivity index (χ3n) is 9.08. The van der Waals surface area contributed by atoms with Gasteiger partial charge in [-0.25, -0.2) is 0 Å². The maximum atomic E-state index is 11.4. The van der Waals surface area contributed by atoms with Crippen molar-refractivity contribution in [2.24, 2.45) is 9.98 Å². The predicted molar refractivity (Wildman–Crippen MR) is 209 cm³/mol. The molecule has 0 amide bonds. The summed E-state index contributed by atoms with van der Waals surface area (Å²) in [5.41, 5.74) is 8.31. The highest BCUT2D eigenvalue weighted by molar-refractivity contribution is 6.04. The van der Waals surface area contributed by atoms with Gasteiger partial charge in [0.25, 0.3) is 0 Å². The van der Waals surface area contributed by atoms with Crippen LogP contribution in [0.3, 0.4) is 0 Å². The number of benzene rings is 6. The lowest BCUT2D eigenvalue weighted by Gasteiger charge is -2.15. The molecule has 1 aliphatic heterocycles. The minimum Gasteiger partial charge on any atom is -0.507 e. The molecule has 0 unspecified atom stereocenters. The molecule has 4 bridgehead atoms. The van der Waals surface area contributed by atoms with Gasteiger partial charge in [0.1, 0.15) is 36.2 Å². The molecule has 52 heavy (non-hydrogen) atoms. The molecule has 4 N–H and O–H groups in total. The Hall–Kier alpha value is -5.96. The molecule has 0 saturated heterocycles. The minimum absolute atomic E-state index is 0.180. The average Bonchev–Trinajstić information content (AvgIpc) is 3.15. The maximum Gasteiger partial charge on any atom is 0.128 e. The molecule has 8 heteroatoms. The van der Waals surface area contributed by atoms with E-state index in [1.807, 2.05) is 123 Å². The fourth-order valence-electron chi connectivity index (χ4n) is 6.58. The monoisotopic (exact) mass is 690 g/mol. The van der Waals surface area contributed by atoms with Crippen molar-refractivity contribution in [3.63, 3.8) is 0 Å². The average molecular weight is 691 g/mol. The van der Waals surface area contributed by atoms with Crippen LogP contribution in [-0.4, -0.2) is 35.9 Å². The van der Waals surface area contributed by atoms with Crippen LogP contribution < -0.4 is 20.1 Å². The van der Waals surface area contributed by atoms with Crippen LogP contribution in [0, 0.1) is 13.8 Å². The first-order valence-electron chi connectivity index (χ1n) is 17.5. The SMILES string of the molecule is Cc1cc2c(O)c(c1)CNCc1ccccc1OCCOc1ccccc1CNCc1cc(C)cc(c1O)C=Nc1cccc3cccc(c13)N=C2. The van der Waals surface area contributed by atoms with E-state index < -0.39 is 0 Å². The fraction of sp³-hybridized carbons (Fsp3) is 0.182. The Morgan fingerprint density at radius 3 is 1.44 bits per heavy atom. The van der Waals surface area contributed by atoms with E-state index in [2.05, 4.69) is 10.6 Å². The summed E-state index contributed by atoms with van der Waals surface area (Å²) < 4.78 is 12.3. The molecule has 1 aliphatic rings. The number of ether oxygens (including phenoxy) is 2. The van der Waals surface area contributed by atoms with Gasteiger partial charge in [-0.05, 0) is 66.8 Å². The van der Waals surface area contributed by atoms with Gasteiger partial charge < -0.3 is 30.3 Å². The quantitative estimate of drug-likeness (QED) is 0.127. The minimum atomic E-state index is 0.180. The first-order valence-corrected chi connectivity index (χ1v) is 17.5. The first kappa shape index (κ1) is 34.5. The lowest BCUT2D eigenvalue weighted by atomic mass is 10.0. The van der Waals surface area contributed by atoms with Crippen LogP contribution in [0.1, 0.15) is 44.5 Å². The van der Waals surface area contributed by atoms with Gasteiger partial charge in [0.15, 0.2) is 0 Å². The molecule has 8 nitrogen and oxygen atoms in total. The highest BCUT2D eigenvalue weighted by Crippen LogP contribution is 2.35. The zero-order chi connectivity index (χ0) is 35.9. The van der Waals surface area contributed by atoms with E-state index in [1.165, 1.54) is 0 Å². The third kappa shape index (κ3) is 7.99. The highest BCUT2D eigenvalue weighted by atomic mass is 16.5. The van der Waals surface area contributed by atoms with E-state index in [0.717, 1.165) is 67.0 Å². The molecule has 6 aromatic rings. The van der Waals surface area contributed by atoms with E-state index in [1.54, 1.807) is 12.4 Å². The molecule has 0 radical (unpaired) electrons. The number of para-hydroxylation sites is 2. The smallest absolute Gasteiger partial charge is 0.128 e. The van der Waals surface area contributed by atoms with Gasteiger partial charge in [-0.2, -0.15) is 0 Å². The number of phenols is 2. The van der Waals surface area contributed by atoms with Crippen LogP contribution in [-0.2, 0) is 26.2 Å². The first-order chi connectivity index (χ1) is 25.4. The number of aryl methyl sites for hydroxylation is 2. The van der Waals surface area contributed by atoms with Crippen LogP contribution in [0.4, 0.5) is 11.4 Å². The van der Waals surface area contributed by atoms with E-state index in [4.69, 9.17) is 19.5 Å². The van der Waals surface area contributed by atoms with Gasteiger partial charge in [-0.3, -0.25) is 9.98 Å². The number of nitrogens with one attached hydrogen (secondary N) is 2. The largest absolute Gasteiger partial charge is 0.507 e. The number of nitrogens with zero attached hydrogens (tertiary/aromatic N) is 2. The lowest BCUT2D eigenvalue weighted by Crippen LogP contribution is -2.16. The van der Waals surface area contributed by atoms with E-state index in [-0.39, 0.29) is 11.5 Å². The molecular formula is C44H42N4O4. The van der Waals surface area contributed by atoms with Crippen LogP contribution in [0.25, 0.3) is 10.8 Å². The molecule has 0 aliphatic carbocycles. The second-order valence-electron chi connectivity index (χ2n) is 13.0. The van der Waals surface area contributed by atoms with Gasteiger partial charge in [0.05, 0.1) is 11.4 Å². The number of aliphatic imine (C=N–C) groups is 2. The van der Waals surface area contributed by atoms with Gasteiger partial charge in [-0.15, -0.1) is 0 Å². The zero-order valence-electron chi connectivity index (χ0n) is 29.4. The summed E-state index contributed by atoms with van der Waals surface area (Å²) in [5, 5.41) is 31.5. The summed E-state index contributed by atoms with van der Waals surface area (Å²) in [6.45, 7) is 6.79. The van der Waals surface area contributed by atoms with E-state index in [0.29, 0.717) is 50.5 Å². The van der Waals surface area contributed by atoms with Crippen LogP contribution >= 0.6 is 0 Å². The van der Waals surface area contributed by atoms with Crippen molar-refractivity contribution >= 4 is 34.6 Å². The zero-order valence-corrected chi connectivity index (χ0v) is 29.4. The number of hydrogen-bond acceptors (Lipinski definition) is 8. The Bertz CT molecular complexity index is 2120. The Balaban J connectivity index is 1.25. The molecule has 0 spiro atoms. The summed E-state index contributed by atoms with van der Waals surface area (Å²) in [7, 11) is 0. The van der Waals surface area contributed by atoms with E-state index >= 15 is 0 Å². The maximum absolute atomic E-state index is 11.4. The van der Waals surface area contributed by atoms with Crippen molar-refractivity contribution in [1.29, 1.82) is 0 Å². The van der Waals surface area contributed by atoms with Crippen LogP contribution in [0.2, 0.25) is 0 Å². The Morgan fingerprint density at radius 1 is 0.519 bits per heavy atom. The Morgan fingerprint density at radius 2 is 0.962 bits per heavy atom. The normalized spacial score (nSPS) is 14.0. The topological polar surface area (TPSA) is 108 Å². The number of fused-ring (bicyclic) bond motifs is 6. The van der Waals surface area contributed by atoms with Crippen LogP contribution in [0.15, 0.2) is 119 Å². The fourth-order valence-corrected chi connectivity index (χ4v) is 6.58. The number of hydrogen-bond donors (Lipinski definition) is 4. The number of aromatic hydroxyl groups is 2. The van der Waals surface area contributed by atoms with Gasteiger partial charge in [0.2, 0.25) is 0 Å². The van der Waals surface area contributed by atoms with Crippen molar-refractivity contribution in [2.75, 3.05) is 13.2 Å². The van der Waals surface area contributed by atoms with Crippen LogP contribution in [0.5, 0.6) is 23.0 Å². The standard InChI is InChI=1S/C44H42N4O4/c1-29-19-34-25-45-23-32-9-3-5-15-40(32)51-17-18-52-41-16-6-4-10-33(41)24-46-26-35-20-30(2)22-37(44(35)50)28-48-39-14-8-12-31-11-7-13-38(42(31)39)47-27-36(21-29)43(34)49/h3-16,19-22,27-28,45-46,49-50H,17-18,23-26H2,1-2H3. The number of rotatable bonds is 0. The lowest BCUT2D eigenvalue weighted by molar-refractivity contribution is 0.214. The Labute approximate surface area is 304 Å². The molecule has 6 aromatic carbocycles. The van der Waals surface area contributed by atoms with Crippen molar-refractivity contribution in [1.82, 2.24) is 10.6 Å². The number of phenolic OH excluding ortho intramolecular Hbond substituents is 2. The molecule has 262 valence electrons. The van der Waals surface area contributed by atoms with Crippen molar-refractivity contribution in [3.8, 4) is 23.0 Å². The van der Waals surface area contributed by atoms with Gasteiger partial charge >= 0.3 is 0 Å². The molecule has 7 rings (SSSR count). The van der Waals surface area contributed by atoms with Crippen molar-refractivity contribution < 1.29 is 19.7 Å². The summed E-state index contributed by atoms with van der Waals surface area (Å²) >= 11 is 0. The summed E-state index contributed by atoms with van der Waals surface area (Å²) in [5.74, 6) is 1.92. The molecular weight excluding hydrogens is 649 g/mol. The predicted octanol–water partition coefficient (Wildman–Crippen LogP) is 8.72. The summed E-state index contributed by atoms with van der Waals surface area (Å²) in [6, 6.07) is 35.6. The highest BCUT2D eigenvalue weighted by Gasteiger charge is 2.13.